The summed E-state index contributed by atoms with van der Waals surface area (Å²) in [5, 5.41) is 3.90. The Morgan fingerprint density at radius 2 is 1.69 bits per heavy atom. The maximum absolute atomic E-state index is 13.2. The van der Waals surface area contributed by atoms with E-state index in [2.05, 4.69) is 5.10 Å². The van der Waals surface area contributed by atoms with Gasteiger partial charge in [0.15, 0.2) is 5.75 Å². The summed E-state index contributed by atoms with van der Waals surface area (Å²) >= 11 is 0. The molecule has 168 valence electrons. The van der Waals surface area contributed by atoms with Crippen LogP contribution in [0.15, 0.2) is 64.3 Å². The first-order valence-electron chi connectivity index (χ1n) is 9.50. The number of carbonyl (C=O) groups is 1. The van der Waals surface area contributed by atoms with Crippen LogP contribution in [0.25, 0.3) is 5.69 Å². The Kier molecular flexibility index (Phi) is 6.89. The van der Waals surface area contributed by atoms with Crippen molar-refractivity contribution in [3.63, 3.8) is 0 Å². The van der Waals surface area contributed by atoms with Crippen LogP contribution in [0.3, 0.4) is 0 Å². The Morgan fingerprint density at radius 3 is 2.28 bits per heavy atom. The van der Waals surface area contributed by atoms with E-state index in [0.717, 1.165) is 22.9 Å². The lowest BCUT2D eigenvalue weighted by molar-refractivity contribution is 0.0515. The second-order valence-corrected chi connectivity index (χ2v) is 7.79. The molecule has 0 unspecified atom stereocenters. The highest BCUT2D eigenvalue weighted by molar-refractivity contribution is 7.87. The third-order valence-corrected chi connectivity index (χ3v) is 5.31. The molecule has 0 spiro atoms. The fraction of sp³-hybridized carbons (Fsp3) is 0.190. The van der Waals surface area contributed by atoms with Crippen LogP contribution in [0.1, 0.15) is 24.3 Å². The Labute approximate surface area is 183 Å². The fourth-order valence-corrected chi connectivity index (χ4v) is 3.58. The lowest BCUT2D eigenvalue weighted by Crippen LogP contribution is -2.26. The third-order valence-electron chi connectivity index (χ3n) is 4.06. The molecule has 0 atom stereocenters. The molecule has 0 radical (unpaired) electrons. The van der Waals surface area contributed by atoms with Crippen molar-refractivity contribution >= 4 is 16.1 Å². The van der Waals surface area contributed by atoms with Crippen molar-refractivity contribution in [1.29, 1.82) is 0 Å². The molecule has 3 aromatic rings. The minimum absolute atomic E-state index is 0.0265. The Bertz CT molecular complexity index is 1270. The molecular weight excluding hydrogens is 443 g/mol. The zero-order valence-electron chi connectivity index (χ0n) is 17.1. The van der Waals surface area contributed by atoms with Crippen molar-refractivity contribution in [2.75, 3.05) is 13.2 Å². The minimum atomic E-state index is -4.42. The molecule has 0 aliphatic carbocycles. The summed E-state index contributed by atoms with van der Waals surface area (Å²) < 4.78 is 54.7. The summed E-state index contributed by atoms with van der Waals surface area (Å²) in [6.07, 6.45) is 0. The van der Waals surface area contributed by atoms with Crippen LogP contribution in [-0.2, 0) is 14.9 Å². The smallest absolute Gasteiger partial charge is 0.362 e. The number of esters is 1. The van der Waals surface area contributed by atoms with Gasteiger partial charge in [-0.1, -0.05) is 0 Å². The van der Waals surface area contributed by atoms with E-state index in [1.165, 1.54) is 36.4 Å². The van der Waals surface area contributed by atoms with Crippen LogP contribution in [0.5, 0.6) is 11.5 Å². The Balaban J connectivity index is 2.04. The van der Waals surface area contributed by atoms with Gasteiger partial charge in [-0.2, -0.15) is 18.2 Å². The summed E-state index contributed by atoms with van der Waals surface area (Å²) in [7, 11) is -4.42. The summed E-state index contributed by atoms with van der Waals surface area (Å²) in [4.78, 5) is 24.7. The second kappa shape index (κ2) is 9.60. The number of benzene rings is 2. The molecule has 0 amide bonds. The molecule has 0 bridgehead atoms. The Morgan fingerprint density at radius 1 is 1.03 bits per heavy atom. The highest BCUT2D eigenvalue weighted by Gasteiger charge is 2.25. The molecule has 0 saturated carbocycles. The number of carbonyl (C=O) groups excluding carboxylic acids is 1. The molecule has 32 heavy (non-hydrogen) atoms. The van der Waals surface area contributed by atoms with E-state index in [1.807, 2.05) is 0 Å². The van der Waals surface area contributed by atoms with E-state index in [0.29, 0.717) is 12.4 Å². The number of ether oxygens (including phenoxy) is 2. The second-order valence-electron chi connectivity index (χ2n) is 6.25. The van der Waals surface area contributed by atoms with Crippen LogP contribution in [0.2, 0.25) is 0 Å². The minimum Gasteiger partial charge on any atom is -0.494 e. The molecule has 1 aromatic heterocycles. The fourth-order valence-electron chi connectivity index (χ4n) is 2.65. The van der Waals surface area contributed by atoms with Crippen molar-refractivity contribution < 1.29 is 31.3 Å². The molecule has 0 N–H and O–H groups in total. The van der Waals surface area contributed by atoms with Gasteiger partial charge >= 0.3 is 16.1 Å². The highest BCUT2D eigenvalue weighted by atomic mass is 32.2. The van der Waals surface area contributed by atoms with Gasteiger partial charge in [0.25, 0.3) is 5.56 Å². The topological polar surface area (TPSA) is 114 Å². The Hall–Kier alpha value is -3.73. The van der Waals surface area contributed by atoms with Gasteiger partial charge in [-0.25, -0.2) is 9.18 Å². The molecule has 3 rings (SSSR count). The quantitative estimate of drug-likeness (QED) is 0.371. The molecular formula is C21H19FN2O7S. The van der Waals surface area contributed by atoms with Gasteiger partial charge in [-0.05, 0) is 62.4 Å². The van der Waals surface area contributed by atoms with E-state index in [9.17, 15) is 22.4 Å². The van der Waals surface area contributed by atoms with Crippen LogP contribution >= 0.6 is 0 Å². The van der Waals surface area contributed by atoms with E-state index in [4.69, 9.17) is 13.7 Å². The predicted octanol–water partition coefficient (Wildman–Crippen LogP) is 2.71. The number of nitrogens with zero attached hydrogens (tertiary/aromatic N) is 2. The summed E-state index contributed by atoms with van der Waals surface area (Å²) in [5.74, 6) is -1.67. The van der Waals surface area contributed by atoms with Gasteiger partial charge in [-0.3, -0.25) is 4.79 Å². The van der Waals surface area contributed by atoms with Crippen molar-refractivity contribution in [3.8, 4) is 17.2 Å². The van der Waals surface area contributed by atoms with Crippen molar-refractivity contribution in [1.82, 2.24) is 9.78 Å². The van der Waals surface area contributed by atoms with E-state index in [1.54, 1.807) is 13.8 Å². The van der Waals surface area contributed by atoms with Crippen molar-refractivity contribution in [2.24, 2.45) is 0 Å². The van der Waals surface area contributed by atoms with E-state index in [-0.39, 0.29) is 17.2 Å². The molecule has 1 heterocycles. The lowest BCUT2D eigenvalue weighted by Gasteiger charge is -2.13. The highest BCUT2D eigenvalue weighted by Crippen LogP contribution is 2.23. The first kappa shape index (κ1) is 22.9. The van der Waals surface area contributed by atoms with Crippen LogP contribution < -0.4 is 14.5 Å². The average molecular weight is 462 g/mol. The number of rotatable bonds is 8. The van der Waals surface area contributed by atoms with Crippen LogP contribution in [0.4, 0.5) is 4.39 Å². The van der Waals surface area contributed by atoms with Gasteiger partial charge in [0.2, 0.25) is 5.69 Å². The van der Waals surface area contributed by atoms with E-state index < -0.39 is 38.9 Å². The lowest BCUT2D eigenvalue weighted by atomic mass is 10.3. The third kappa shape index (κ3) is 5.11. The number of aromatic nitrogens is 2. The van der Waals surface area contributed by atoms with E-state index >= 15 is 0 Å². The van der Waals surface area contributed by atoms with Crippen LogP contribution in [0, 0.1) is 5.82 Å². The van der Waals surface area contributed by atoms with Gasteiger partial charge in [-0.15, -0.1) is 0 Å². The summed E-state index contributed by atoms with van der Waals surface area (Å²) in [5.41, 5.74) is -1.19. The maximum Gasteiger partial charge on any atom is 0.362 e. The molecule has 0 aliphatic heterocycles. The molecule has 9 nitrogen and oxygen atoms in total. The average Bonchev–Trinajstić information content (AvgIpc) is 2.75. The van der Waals surface area contributed by atoms with Gasteiger partial charge < -0.3 is 13.7 Å². The summed E-state index contributed by atoms with van der Waals surface area (Å²) in [6, 6.07) is 11.0. The molecule has 0 saturated heterocycles. The molecule has 11 heteroatoms. The zero-order chi connectivity index (χ0) is 23.3. The maximum atomic E-state index is 13.2. The number of hydrogen-bond acceptors (Lipinski definition) is 8. The van der Waals surface area contributed by atoms with Crippen LogP contribution in [-0.4, -0.2) is 37.4 Å². The largest absolute Gasteiger partial charge is 0.494 e. The standard InChI is InChI=1S/C21H19FN2O7S/c1-3-29-16-9-11-17(12-10-16)32(27,28)31-18-13-19(25)24(15-7-5-14(22)6-8-15)23-20(18)21(26)30-4-2/h5-13H,3-4H2,1-2H3. The molecule has 0 aliphatic rings. The van der Waals surface area contributed by atoms with Gasteiger partial charge in [0.05, 0.1) is 25.0 Å². The summed E-state index contributed by atoms with van der Waals surface area (Å²) in [6.45, 7) is 3.71. The molecule has 0 fully saturated rings. The SMILES string of the molecule is CCOC(=O)c1nn(-c2ccc(F)cc2)c(=O)cc1OS(=O)(=O)c1ccc(OCC)cc1. The normalized spacial score (nSPS) is 11.1. The predicted molar refractivity (Wildman–Crippen MR) is 111 cm³/mol. The van der Waals surface area contributed by atoms with Crippen molar-refractivity contribution in [2.45, 2.75) is 18.7 Å². The number of hydrogen-bond donors (Lipinski definition) is 0. The monoisotopic (exact) mass is 462 g/mol. The first-order chi connectivity index (χ1) is 15.2. The van der Waals surface area contributed by atoms with Gasteiger partial charge in [0, 0.05) is 0 Å². The zero-order valence-corrected chi connectivity index (χ0v) is 18.0. The first-order valence-corrected chi connectivity index (χ1v) is 10.9. The van der Waals surface area contributed by atoms with Crippen molar-refractivity contribution in [3.05, 3.63) is 76.5 Å². The number of halogens is 1. The molecule has 2 aromatic carbocycles. The van der Waals surface area contributed by atoms with Gasteiger partial charge in [0.1, 0.15) is 16.5 Å².